The van der Waals surface area contributed by atoms with Crippen molar-refractivity contribution in [2.45, 2.75) is 27.2 Å². The van der Waals surface area contributed by atoms with Crippen molar-refractivity contribution in [3.05, 3.63) is 35.7 Å². The lowest BCUT2D eigenvalue weighted by atomic mass is 10.0. The molecular formula is C11H15N. The Morgan fingerprint density at radius 3 is 2.92 bits per heavy atom. The van der Waals surface area contributed by atoms with E-state index in [0.717, 1.165) is 6.42 Å². The first-order chi connectivity index (χ1) is 5.79. The molecule has 0 aliphatic heterocycles. The first-order valence-corrected chi connectivity index (χ1v) is 4.35. The number of rotatable bonds is 2. The summed E-state index contributed by atoms with van der Waals surface area (Å²) in [4.78, 5) is 4.11. The molecule has 0 fully saturated rings. The molecule has 0 aromatic carbocycles. The molecule has 0 amide bonds. The van der Waals surface area contributed by atoms with Crippen LogP contribution in [0.25, 0.3) is 5.57 Å². The minimum Gasteiger partial charge on any atom is -0.264 e. The number of allylic oxidation sites excluding steroid dienone is 2. The molecule has 1 aromatic heterocycles. The molecule has 0 saturated carbocycles. The van der Waals surface area contributed by atoms with E-state index in [0.29, 0.717) is 0 Å². The fourth-order valence-corrected chi connectivity index (χ4v) is 1.25. The van der Waals surface area contributed by atoms with Gasteiger partial charge in [0.1, 0.15) is 0 Å². The highest BCUT2D eigenvalue weighted by Gasteiger charge is 1.99. The molecule has 1 heteroatoms. The number of nitrogens with zero attached hydrogens (tertiary/aromatic N) is 1. The number of aryl methyl sites for hydroxylation is 1. The van der Waals surface area contributed by atoms with Crippen LogP contribution in [-0.4, -0.2) is 4.98 Å². The molecule has 0 aliphatic carbocycles. The Kier molecular flexibility index (Phi) is 3.03. The summed E-state index contributed by atoms with van der Waals surface area (Å²) < 4.78 is 0. The fourth-order valence-electron chi connectivity index (χ4n) is 1.25. The number of pyridine rings is 1. The monoisotopic (exact) mass is 161 g/mol. The predicted octanol–water partition coefficient (Wildman–Crippen LogP) is 3.07. The number of hydrogen-bond donors (Lipinski definition) is 0. The summed E-state index contributed by atoms with van der Waals surface area (Å²) in [5, 5.41) is 0. The van der Waals surface area contributed by atoms with Gasteiger partial charge in [-0.05, 0) is 43.0 Å². The normalized spacial score (nSPS) is 11.8. The van der Waals surface area contributed by atoms with Gasteiger partial charge in [0.05, 0.1) is 0 Å². The molecule has 1 rings (SSSR count). The average Bonchev–Trinajstić information content (AvgIpc) is 2.16. The van der Waals surface area contributed by atoms with Gasteiger partial charge in [0.25, 0.3) is 0 Å². The van der Waals surface area contributed by atoms with Crippen molar-refractivity contribution in [1.82, 2.24) is 4.98 Å². The maximum Gasteiger partial charge on any atom is 0.0305 e. The second kappa shape index (κ2) is 4.05. The van der Waals surface area contributed by atoms with E-state index in [9.17, 15) is 0 Å². The van der Waals surface area contributed by atoms with Crippen LogP contribution >= 0.6 is 0 Å². The van der Waals surface area contributed by atoms with E-state index in [1.165, 1.54) is 16.7 Å². The van der Waals surface area contributed by atoms with Gasteiger partial charge in [-0.2, -0.15) is 0 Å². The molecule has 1 heterocycles. The zero-order chi connectivity index (χ0) is 8.97. The van der Waals surface area contributed by atoms with Gasteiger partial charge in [-0.15, -0.1) is 0 Å². The molecular weight excluding hydrogens is 146 g/mol. The van der Waals surface area contributed by atoms with Gasteiger partial charge >= 0.3 is 0 Å². The van der Waals surface area contributed by atoms with E-state index in [1.54, 1.807) is 0 Å². The van der Waals surface area contributed by atoms with E-state index >= 15 is 0 Å². The number of hydrogen-bond acceptors (Lipinski definition) is 1. The van der Waals surface area contributed by atoms with Crippen LogP contribution in [0.3, 0.4) is 0 Å². The van der Waals surface area contributed by atoms with Gasteiger partial charge < -0.3 is 0 Å². The van der Waals surface area contributed by atoms with Crippen LogP contribution in [-0.2, 0) is 6.42 Å². The van der Waals surface area contributed by atoms with E-state index in [1.807, 2.05) is 12.4 Å². The second-order valence-corrected chi connectivity index (χ2v) is 2.86. The number of aromatic nitrogens is 1. The standard InChI is InChI=1S/C11H15N/c1-4-9(3)11-6-7-12-8-10(11)5-2/h4,6-8H,5H2,1-3H3/b9-4-. The molecule has 0 radical (unpaired) electrons. The van der Waals surface area contributed by atoms with Crippen LogP contribution in [0.15, 0.2) is 24.5 Å². The molecule has 0 bridgehead atoms. The third-order valence-electron chi connectivity index (χ3n) is 2.14. The molecule has 1 aromatic rings. The van der Waals surface area contributed by atoms with Crippen LogP contribution in [0.2, 0.25) is 0 Å². The van der Waals surface area contributed by atoms with Gasteiger partial charge in [-0.25, -0.2) is 0 Å². The van der Waals surface area contributed by atoms with E-state index in [-0.39, 0.29) is 0 Å². The maximum absolute atomic E-state index is 4.11. The minimum absolute atomic E-state index is 1.05. The minimum atomic E-state index is 1.05. The molecule has 0 spiro atoms. The molecule has 0 aliphatic rings. The second-order valence-electron chi connectivity index (χ2n) is 2.86. The van der Waals surface area contributed by atoms with Gasteiger partial charge in [0.2, 0.25) is 0 Å². The molecule has 0 unspecified atom stereocenters. The van der Waals surface area contributed by atoms with Crippen LogP contribution in [0, 0.1) is 0 Å². The summed E-state index contributed by atoms with van der Waals surface area (Å²) in [5.74, 6) is 0. The van der Waals surface area contributed by atoms with Crippen molar-refractivity contribution >= 4 is 5.57 Å². The first kappa shape index (κ1) is 8.98. The summed E-state index contributed by atoms with van der Waals surface area (Å²) in [5.41, 5.74) is 3.98. The lowest BCUT2D eigenvalue weighted by Crippen LogP contribution is -1.90. The summed E-state index contributed by atoms with van der Waals surface area (Å²) >= 11 is 0. The molecule has 0 atom stereocenters. The lowest BCUT2D eigenvalue weighted by molar-refractivity contribution is 1.09. The topological polar surface area (TPSA) is 12.9 Å². The summed E-state index contributed by atoms with van der Waals surface area (Å²) in [6, 6.07) is 2.08. The first-order valence-electron chi connectivity index (χ1n) is 4.35. The van der Waals surface area contributed by atoms with E-state index < -0.39 is 0 Å². The van der Waals surface area contributed by atoms with Crippen molar-refractivity contribution < 1.29 is 0 Å². The van der Waals surface area contributed by atoms with Crippen LogP contribution in [0.4, 0.5) is 0 Å². The smallest absolute Gasteiger partial charge is 0.0305 e. The average molecular weight is 161 g/mol. The molecule has 12 heavy (non-hydrogen) atoms. The van der Waals surface area contributed by atoms with E-state index in [4.69, 9.17) is 0 Å². The highest BCUT2D eigenvalue weighted by atomic mass is 14.6. The Labute approximate surface area is 74.2 Å². The predicted molar refractivity (Wildman–Crippen MR) is 52.9 cm³/mol. The Balaban J connectivity index is 3.13. The third kappa shape index (κ3) is 1.73. The van der Waals surface area contributed by atoms with Crippen LogP contribution in [0.1, 0.15) is 31.9 Å². The van der Waals surface area contributed by atoms with Crippen molar-refractivity contribution in [3.8, 4) is 0 Å². The summed E-state index contributed by atoms with van der Waals surface area (Å²) in [7, 11) is 0. The summed E-state index contributed by atoms with van der Waals surface area (Å²) in [6.45, 7) is 6.35. The molecule has 64 valence electrons. The lowest BCUT2D eigenvalue weighted by Gasteiger charge is -2.05. The van der Waals surface area contributed by atoms with Gasteiger partial charge in [-0.1, -0.05) is 13.0 Å². The van der Waals surface area contributed by atoms with Gasteiger partial charge in [0.15, 0.2) is 0 Å². The van der Waals surface area contributed by atoms with Crippen molar-refractivity contribution in [3.63, 3.8) is 0 Å². The van der Waals surface area contributed by atoms with E-state index in [2.05, 4.69) is 37.9 Å². The van der Waals surface area contributed by atoms with Crippen LogP contribution in [0.5, 0.6) is 0 Å². The Hall–Kier alpha value is -1.11. The molecule has 0 saturated heterocycles. The Morgan fingerprint density at radius 1 is 1.58 bits per heavy atom. The fraction of sp³-hybridized carbons (Fsp3) is 0.364. The van der Waals surface area contributed by atoms with Gasteiger partial charge in [-0.3, -0.25) is 4.98 Å². The van der Waals surface area contributed by atoms with Crippen molar-refractivity contribution in [1.29, 1.82) is 0 Å². The van der Waals surface area contributed by atoms with Crippen molar-refractivity contribution in [2.24, 2.45) is 0 Å². The molecule has 1 nitrogen and oxygen atoms in total. The van der Waals surface area contributed by atoms with Gasteiger partial charge in [0, 0.05) is 12.4 Å². The molecule has 0 N–H and O–H groups in total. The third-order valence-corrected chi connectivity index (χ3v) is 2.14. The quantitative estimate of drug-likeness (QED) is 0.649. The largest absolute Gasteiger partial charge is 0.264 e. The zero-order valence-corrected chi connectivity index (χ0v) is 7.96. The zero-order valence-electron chi connectivity index (χ0n) is 7.96. The summed E-state index contributed by atoms with van der Waals surface area (Å²) in [6.07, 6.45) is 6.98. The Bertz CT molecular complexity index is 287. The SMILES string of the molecule is C/C=C(/C)c1ccncc1CC. The van der Waals surface area contributed by atoms with Crippen LogP contribution < -0.4 is 0 Å². The van der Waals surface area contributed by atoms with Crippen molar-refractivity contribution in [2.75, 3.05) is 0 Å². The highest BCUT2D eigenvalue weighted by molar-refractivity contribution is 5.65. The Morgan fingerprint density at radius 2 is 2.33 bits per heavy atom. The highest BCUT2D eigenvalue weighted by Crippen LogP contribution is 2.17. The maximum atomic E-state index is 4.11.